The summed E-state index contributed by atoms with van der Waals surface area (Å²) in [4.78, 5) is 14.7. The van der Waals surface area contributed by atoms with Gasteiger partial charge in [0.1, 0.15) is 0 Å². The van der Waals surface area contributed by atoms with Crippen LogP contribution in [0.4, 0.5) is 5.69 Å². The van der Waals surface area contributed by atoms with Crippen molar-refractivity contribution in [2.75, 3.05) is 31.9 Å². The number of aryl methyl sites for hydroxylation is 2. The Morgan fingerprint density at radius 1 is 1.29 bits per heavy atom. The summed E-state index contributed by atoms with van der Waals surface area (Å²) in [6, 6.07) is 3.75. The van der Waals surface area contributed by atoms with E-state index in [4.69, 9.17) is 5.73 Å². The summed E-state index contributed by atoms with van der Waals surface area (Å²) in [5.74, 6) is 0.818. The number of amides is 1. The largest absolute Gasteiger partial charge is 0.398 e. The molecule has 3 N–H and O–H groups in total. The van der Waals surface area contributed by atoms with Gasteiger partial charge in [0.05, 0.1) is 0 Å². The minimum atomic E-state index is -0.0235. The third kappa shape index (κ3) is 4.21. The van der Waals surface area contributed by atoms with Crippen LogP contribution in [0.15, 0.2) is 12.1 Å². The summed E-state index contributed by atoms with van der Waals surface area (Å²) in [6.45, 7) is 10.1. The first-order valence-corrected chi connectivity index (χ1v) is 7.84. The lowest BCUT2D eigenvalue weighted by atomic mass is 9.99. The number of rotatable bonds is 4. The molecule has 1 aliphatic heterocycles. The van der Waals surface area contributed by atoms with Gasteiger partial charge in [0, 0.05) is 24.3 Å². The van der Waals surface area contributed by atoms with Crippen molar-refractivity contribution in [2.24, 2.45) is 5.92 Å². The highest BCUT2D eigenvalue weighted by atomic mass is 16.1. The number of hydrogen-bond acceptors (Lipinski definition) is 3. The summed E-state index contributed by atoms with van der Waals surface area (Å²) in [6.07, 6.45) is 2.53. The van der Waals surface area contributed by atoms with Crippen LogP contribution in [0.3, 0.4) is 0 Å². The van der Waals surface area contributed by atoms with Crippen molar-refractivity contribution in [1.82, 2.24) is 10.2 Å². The van der Waals surface area contributed by atoms with Crippen LogP contribution < -0.4 is 11.1 Å². The van der Waals surface area contributed by atoms with Gasteiger partial charge in [-0.2, -0.15) is 0 Å². The molecule has 0 saturated carbocycles. The average Bonchev–Trinajstić information content (AvgIpc) is 2.45. The second-order valence-electron chi connectivity index (χ2n) is 6.30. The number of nitrogens with one attached hydrogen (secondary N) is 1. The molecule has 1 aliphatic rings. The van der Waals surface area contributed by atoms with Gasteiger partial charge in [0.25, 0.3) is 5.91 Å². The third-order valence-corrected chi connectivity index (χ3v) is 4.45. The van der Waals surface area contributed by atoms with E-state index in [-0.39, 0.29) is 5.91 Å². The lowest BCUT2D eigenvalue weighted by molar-refractivity contribution is 0.0944. The van der Waals surface area contributed by atoms with Gasteiger partial charge in [-0.25, -0.2) is 0 Å². The monoisotopic (exact) mass is 289 g/mol. The van der Waals surface area contributed by atoms with Gasteiger partial charge in [-0.05, 0) is 62.9 Å². The van der Waals surface area contributed by atoms with Crippen molar-refractivity contribution in [2.45, 2.75) is 33.6 Å². The van der Waals surface area contributed by atoms with Gasteiger partial charge >= 0.3 is 0 Å². The smallest absolute Gasteiger partial charge is 0.251 e. The summed E-state index contributed by atoms with van der Waals surface area (Å²) >= 11 is 0. The van der Waals surface area contributed by atoms with E-state index in [9.17, 15) is 4.79 Å². The minimum absolute atomic E-state index is 0.0235. The van der Waals surface area contributed by atoms with Crippen molar-refractivity contribution in [3.63, 3.8) is 0 Å². The van der Waals surface area contributed by atoms with Crippen LogP contribution in [-0.4, -0.2) is 37.0 Å². The lowest BCUT2D eigenvalue weighted by Gasteiger charge is -2.30. The number of likely N-dealkylation sites (tertiary alicyclic amines) is 1. The zero-order valence-corrected chi connectivity index (χ0v) is 13.4. The maximum Gasteiger partial charge on any atom is 0.251 e. The van der Waals surface area contributed by atoms with Crippen LogP contribution in [0, 0.1) is 19.8 Å². The van der Waals surface area contributed by atoms with Crippen LogP contribution in [0.1, 0.15) is 41.3 Å². The molecule has 1 saturated heterocycles. The molecule has 0 radical (unpaired) electrons. The van der Waals surface area contributed by atoms with Crippen LogP contribution >= 0.6 is 0 Å². The molecular weight excluding hydrogens is 262 g/mol. The highest BCUT2D eigenvalue weighted by Crippen LogP contribution is 2.18. The molecule has 1 fully saturated rings. The average molecular weight is 289 g/mol. The van der Waals surface area contributed by atoms with Crippen molar-refractivity contribution in [1.29, 1.82) is 0 Å². The van der Waals surface area contributed by atoms with Gasteiger partial charge in [-0.15, -0.1) is 0 Å². The van der Waals surface area contributed by atoms with E-state index in [1.807, 2.05) is 19.9 Å². The fourth-order valence-electron chi connectivity index (χ4n) is 2.82. The van der Waals surface area contributed by atoms with Crippen LogP contribution in [-0.2, 0) is 0 Å². The molecule has 2 rings (SSSR count). The number of nitrogens with two attached hydrogens (primary N) is 1. The zero-order valence-electron chi connectivity index (χ0n) is 13.4. The highest BCUT2D eigenvalue weighted by Gasteiger charge is 2.16. The number of carbonyl (C=O) groups excluding carboxylic acids is 1. The Kier molecular flexibility index (Phi) is 5.23. The van der Waals surface area contributed by atoms with Gasteiger partial charge in [-0.1, -0.05) is 13.0 Å². The Hall–Kier alpha value is -1.55. The van der Waals surface area contributed by atoms with Gasteiger partial charge in [0.15, 0.2) is 0 Å². The summed E-state index contributed by atoms with van der Waals surface area (Å²) < 4.78 is 0. The number of hydrogen-bond donors (Lipinski definition) is 2. The fraction of sp³-hybridized carbons (Fsp3) is 0.588. The van der Waals surface area contributed by atoms with Crippen LogP contribution in [0.5, 0.6) is 0 Å². The second kappa shape index (κ2) is 6.94. The first kappa shape index (κ1) is 15.8. The third-order valence-electron chi connectivity index (χ3n) is 4.45. The fourth-order valence-corrected chi connectivity index (χ4v) is 2.82. The predicted molar refractivity (Wildman–Crippen MR) is 87.5 cm³/mol. The molecule has 1 aromatic rings. The number of benzene rings is 1. The Morgan fingerprint density at radius 3 is 2.62 bits per heavy atom. The Bertz CT molecular complexity index is 505. The summed E-state index contributed by atoms with van der Waals surface area (Å²) in [5.41, 5.74) is 9.26. The molecule has 4 nitrogen and oxygen atoms in total. The summed E-state index contributed by atoms with van der Waals surface area (Å²) in [7, 11) is 0. The number of piperidine rings is 1. The number of nitrogens with zero attached hydrogens (tertiary/aromatic N) is 1. The Balaban J connectivity index is 1.83. The molecule has 0 bridgehead atoms. The molecule has 0 unspecified atom stereocenters. The zero-order chi connectivity index (χ0) is 15.4. The molecular formula is C17H27N3O. The first-order valence-electron chi connectivity index (χ1n) is 7.84. The predicted octanol–water partition coefficient (Wildman–Crippen LogP) is 2.35. The SMILES string of the molecule is Cc1cc(C)c(C(=O)NCCN2CCC(C)CC2)cc1N. The topological polar surface area (TPSA) is 58.4 Å². The van der Waals surface area contributed by atoms with Crippen molar-refractivity contribution in [3.8, 4) is 0 Å². The molecule has 1 heterocycles. The molecule has 0 aliphatic carbocycles. The van der Waals surface area contributed by atoms with Crippen molar-refractivity contribution < 1.29 is 4.79 Å². The van der Waals surface area contributed by atoms with E-state index in [1.54, 1.807) is 6.07 Å². The van der Waals surface area contributed by atoms with Gasteiger partial charge in [-0.3, -0.25) is 4.79 Å². The summed E-state index contributed by atoms with van der Waals surface area (Å²) in [5, 5.41) is 3.01. The molecule has 0 spiro atoms. The van der Waals surface area contributed by atoms with E-state index >= 15 is 0 Å². The van der Waals surface area contributed by atoms with E-state index in [1.165, 1.54) is 12.8 Å². The number of nitrogen functional groups attached to an aromatic ring is 1. The Labute approximate surface area is 127 Å². The number of anilines is 1. The van der Waals surface area contributed by atoms with Gasteiger partial charge in [0.2, 0.25) is 0 Å². The van der Waals surface area contributed by atoms with E-state index in [2.05, 4.69) is 17.1 Å². The van der Waals surface area contributed by atoms with E-state index < -0.39 is 0 Å². The standard InChI is InChI=1S/C17H27N3O/c1-12-4-7-20(8-5-12)9-6-19-17(21)15-11-16(18)14(3)10-13(15)2/h10-12H,4-9,18H2,1-3H3,(H,19,21). The molecule has 0 aromatic heterocycles. The van der Waals surface area contributed by atoms with Crippen LogP contribution in [0.25, 0.3) is 0 Å². The quantitative estimate of drug-likeness (QED) is 0.837. The van der Waals surface area contributed by atoms with Crippen molar-refractivity contribution >= 4 is 11.6 Å². The molecule has 116 valence electrons. The molecule has 1 aromatic carbocycles. The van der Waals surface area contributed by atoms with E-state index in [0.29, 0.717) is 17.8 Å². The van der Waals surface area contributed by atoms with E-state index in [0.717, 1.165) is 36.7 Å². The first-order chi connectivity index (χ1) is 9.97. The Morgan fingerprint density at radius 2 is 1.95 bits per heavy atom. The number of carbonyl (C=O) groups is 1. The maximum absolute atomic E-state index is 12.2. The molecule has 1 amide bonds. The van der Waals surface area contributed by atoms with Crippen molar-refractivity contribution in [3.05, 3.63) is 28.8 Å². The lowest BCUT2D eigenvalue weighted by Crippen LogP contribution is -2.39. The normalized spacial score (nSPS) is 16.9. The minimum Gasteiger partial charge on any atom is -0.398 e. The highest BCUT2D eigenvalue weighted by molar-refractivity contribution is 5.96. The maximum atomic E-state index is 12.2. The second-order valence-corrected chi connectivity index (χ2v) is 6.30. The van der Waals surface area contributed by atoms with Gasteiger partial charge < -0.3 is 16.0 Å². The molecule has 4 heteroatoms. The van der Waals surface area contributed by atoms with Crippen LogP contribution in [0.2, 0.25) is 0 Å². The molecule has 21 heavy (non-hydrogen) atoms. The molecule has 0 atom stereocenters.